The van der Waals surface area contributed by atoms with Crippen LogP contribution in [0.25, 0.3) is 0 Å². The second-order valence-electron chi connectivity index (χ2n) is 5.09. The fourth-order valence-corrected chi connectivity index (χ4v) is 2.02. The zero-order chi connectivity index (χ0) is 17.6. The molecule has 0 spiro atoms. The molecule has 126 valence electrons. The fraction of sp³-hybridized carbons (Fsp3) is 0.0588. The van der Waals surface area contributed by atoms with Gasteiger partial charge in [-0.25, -0.2) is 14.4 Å². The lowest BCUT2D eigenvalue weighted by molar-refractivity contribution is -0.385. The Morgan fingerprint density at radius 1 is 1.12 bits per heavy atom. The molecule has 0 atom stereocenters. The van der Waals surface area contributed by atoms with Crippen molar-refractivity contribution in [1.82, 2.24) is 9.97 Å². The molecule has 0 unspecified atom stereocenters. The molecule has 1 aromatic heterocycles. The van der Waals surface area contributed by atoms with E-state index in [4.69, 9.17) is 4.74 Å². The first kappa shape index (κ1) is 16.3. The summed E-state index contributed by atoms with van der Waals surface area (Å²) in [6.45, 7) is 0.303. The minimum Gasteiger partial charge on any atom is -0.489 e. The van der Waals surface area contributed by atoms with E-state index in [0.29, 0.717) is 18.0 Å². The maximum absolute atomic E-state index is 12.9. The van der Waals surface area contributed by atoms with Gasteiger partial charge in [-0.15, -0.1) is 0 Å². The number of benzene rings is 2. The van der Waals surface area contributed by atoms with Crippen LogP contribution < -0.4 is 10.1 Å². The standard InChI is InChI=1S/C17H13FN4O3/c18-13-6-4-12(5-7-13)11-25-16-3-1-2-14(8-16)21-17-19-9-15(10-20-17)22(23)24/h1-10H,11H2,(H,19,20,21). The van der Waals surface area contributed by atoms with Crippen molar-refractivity contribution in [2.24, 2.45) is 0 Å². The minimum atomic E-state index is -0.562. The molecule has 0 radical (unpaired) electrons. The van der Waals surface area contributed by atoms with Crippen molar-refractivity contribution in [3.8, 4) is 5.75 Å². The van der Waals surface area contributed by atoms with Gasteiger partial charge in [0.25, 0.3) is 0 Å². The monoisotopic (exact) mass is 340 g/mol. The third-order valence-electron chi connectivity index (χ3n) is 3.26. The topological polar surface area (TPSA) is 90.2 Å². The average molecular weight is 340 g/mol. The molecule has 8 heteroatoms. The van der Waals surface area contributed by atoms with E-state index >= 15 is 0 Å². The number of hydrogen-bond acceptors (Lipinski definition) is 6. The van der Waals surface area contributed by atoms with Crippen LogP contribution in [0.3, 0.4) is 0 Å². The molecule has 7 nitrogen and oxygen atoms in total. The smallest absolute Gasteiger partial charge is 0.305 e. The second-order valence-corrected chi connectivity index (χ2v) is 5.09. The molecule has 0 aliphatic rings. The summed E-state index contributed by atoms with van der Waals surface area (Å²) in [6.07, 6.45) is 2.26. The lowest BCUT2D eigenvalue weighted by Gasteiger charge is -2.09. The predicted molar refractivity (Wildman–Crippen MR) is 89.1 cm³/mol. The molecule has 0 bridgehead atoms. The SMILES string of the molecule is O=[N+]([O-])c1cnc(Nc2cccc(OCc3ccc(F)cc3)c2)nc1. The number of rotatable bonds is 6. The summed E-state index contributed by atoms with van der Waals surface area (Å²) >= 11 is 0. The van der Waals surface area contributed by atoms with Gasteiger partial charge in [0.05, 0.1) is 4.92 Å². The Balaban J connectivity index is 1.64. The Kier molecular flexibility index (Phi) is 4.79. The molecule has 1 heterocycles. The van der Waals surface area contributed by atoms with E-state index in [0.717, 1.165) is 18.0 Å². The molecule has 3 rings (SSSR count). The largest absolute Gasteiger partial charge is 0.489 e. The Morgan fingerprint density at radius 2 is 1.84 bits per heavy atom. The van der Waals surface area contributed by atoms with Gasteiger partial charge in [0.2, 0.25) is 5.95 Å². The van der Waals surface area contributed by atoms with Crippen molar-refractivity contribution < 1.29 is 14.1 Å². The summed E-state index contributed by atoms with van der Waals surface area (Å²) in [5.74, 6) is 0.551. The first-order valence-corrected chi connectivity index (χ1v) is 7.31. The fourth-order valence-electron chi connectivity index (χ4n) is 2.02. The van der Waals surface area contributed by atoms with E-state index in [1.807, 2.05) is 0 Å². The molecule has 1 N–H and O–H groups in total. The summed E-state index contributed by atoms with van der Waals surface area (Å²) in [5.41, 5.74) is 1.34. The normalized spacial score (nSPS) is 10.3. The molecule has 2 aromatic carbocycles. The van der Waals surface area contributed by atoms with Gasteiger partial charge in [-0.2, -0.15) is 0 Å². The highest BCUT2D eigenvalue weighted by Crippen LogP contribution is 2.21. The lowest BCUT2D eigenvalue weighted by atomic mass is 10.2. The maximum Gasteiger partial charge on any atom is 0.305 e. The molecule has 3 aromatic rings. The Morgan fingerprint density at radius 3 is 2.52 bits per heavy atom. The molecule has 25 heavy (non-hydrogen) atoms. The second kappa shape index (κ2) is 7.35. The Bertz CT molecular complexity index is 870. The Labute approximate surface area is 142 Å². The third kappa shape index (κ3) is 4.47. The highest BCUT2D eigenvalue weighted by atomic mass is 19.1. The predicted octanol–water partition coefficient (Wildman–Crippen LogP) is 3.85. The number of halogens is 1. The van der Waals surface area contributed by atoms with Crippen LogP contribution in [-0.2, 0) is 6.61 Å². The van der Waals surface area contributed by atoms with Crippen molar-refractivity contribution in [2.45, 2.75) is 6.61 Å². The summed E-state index contributed by atoms with van der Waals surface area (Å²) in [7, 11) is 0. The van der Waals surface area contributed by atoms with Crippen LogP contribution in [0.4, 0.5) is 21.7 Å². The van der Waals surface area contributed by atoms with Gasteiger partial charge >= 0.3 is 5.69 Å². The summed E-state index contributed by atoms with van der Waals surface area (Å²) in [5, 5.41) is 13.5. The van der Waals surface area contributed by atoms with E-state index in [2.05, 4.69) is 15.3 Å². The van der Waals surface area contributed by atoms with Crippen LogP contribution in [0.1, 0.15) is 5.56 Å². The lowest BCUT2D eigenvalue weighted by Crippen LogP contribution is -1.99. The van der Waals surface area contributed by atoms with Crippen LogP contribution in [0.15, 0.2) is 60.9 Å². The first-order chi connectivity index (χ1) is 12.1. The van der Waals surface area contributed by atoms with Gasteiger partial charge in [-0.3, -0.25) is 10.1 Å². The van der Waals surface area contributed by atoms with Crippen molar-refractivity contribution in [1.29, 1.82) is 0 Å². The number of nitro groups is 1. The number of nitrogens with one attached hydrogen (secondary N) is 1. The molecular weight excluding hydrogens is 327 g/mol. The maximum atomic E-state index is 12.9. The zero-order valence-corrected chi connectivity index (χ0v) is 12.9. The minimum absolute atomic E-state index is 0.179. The number of anilines is 2. The molecule has 0 saturated carbocycles. The third-order valence-corrected chi connectivity index (χ3v) is 3.26. The molecule has 0 aliphatic heterocycles. The quantitative estimate of drug-likeness (QED) is 0.541. The molecule has 0 fully saturated rings. The van der Waals surface area contributed by atoms with E-state index in [9.17, 15) is 14.5 Å². The van der Waals surface area contributed by atoms with Gasteiger partial charge in [0.15, 0.2) is 0 Å². The highest BCUT2D eigenvalue weighted by Gasteiger charge is 2.07. The number of hydrogen-bond donors (Lipinski definition) is 1. The average Bonchev–Trinajstić information content (AvgIpc) is 2.62. The van der Waals surface area contributed by atoms with Gasteiger partial charge in [-0.1, -0.05) is 18.2 Å². The van der Waals surface area contributed by atoms with E-state index < -0.39 is 4.92 Å². The van der Waals surface area contributed by atoms with E-state index in [1.165, 1.54) is 12.1 Å². The van der Waals surface area contributed by atoms with Crippen molar-refractivity contribution >= 4 is 17.3 Å². The molecule has 0 amide bonds. The molecule has 0 saturated heterocycles. The van der Waals surface area contributed by atoms with Crippen molar-refractivity contribution in [2.75, 3.05) is 5.32 Å². The van der Waals surface area contributed by atoms with Crippen LogP contribution >= 0.6 is 0 Å². The molecule has 0 aliphatic carbocycles. The zero-order valence-electron chi connectivity index (χ0n) is 12.9. The van der Waals surface area contributed by atoms with Gasteiger partial charge in [0, 0.05) is 11.8 Å². The number of ether oxygens (including phenoxy) is 1. The first-order valence-electron chi connectivity index (χ1n) is 7.31. The van der Waals surface area contributed by atoms with Crippen LogP contribution in [-0.4, -0.2) is 14.9 Å². The summed E-state index contributed by atoms with van der Waals surface area (Å²) in [6, 6.07) is 13.2. The van der Waals surface area contributed by atoms with Gasteiger partial charge in [-0.05, 0) is 29.8 Å². The van der Waals surface area contributed by atoms with Gasteiger partial charge in [0.1, 0.15) is 30.6 Å². The molecular formula is C17H13FN4O3. The number of nitrogens with zero attached hydrogens (tertiary/aromatic N) is 3. The van der Waals surface area contributed by atoms with Crippen LogP contribution in [0.5, 0.6) is 5.75 Å². The Hall–Kier alpha value is -3.55. The van der Waals surface area contributed by atoms with Crippen LogP contribution in [0, 0.1) is 15.9 Å². The van der Waals surface area contributed by atoms with E-state index in [-0.39, 0.29) is 17.5 Å². The summed E-state index contributed by atoms with van der Waals surface area (Å²) < 4.78 is 18.5. The van der Waals surface area contributed by atoms with Crippen molar-refractivity contribution in [3.05, 3.63) is 82.4 Å². The van der Waals surface area contributed by atoms with E-state index in [1.54, 1.807) is 36.4 Å². The van der Waals surface area contributed by atoms with Gasteiger partial charge < -0.3 is 10.1 Å². The van der Waals surface area contributed by atoms with Crippen molar-refractivity contribution in [3.63, 3.8) is 0 Å². The van der Waals surface area contributed by atoms with Crippen LogP contribution in [0.2, 0.25) is 0 Å². The highest BCUT2D eigenvalue weighted by molar-refractivity contribution is 5.56. The number of aromatic nitrogens is 2. The summed E-state index contributed by atoms with van der Waals surface area (Å²) in [4.78, 5) is 17.8.